The lowest BCUT2D eigenvalue weighted by atomic mass is 10.0. The van der Waals surface area contributed by atoms with E-state index in [2.05, 4.69) is 26.1 Å². The topological polar surface area (TPSA) is 71.8 Å². The van der Waals surface area contributed by atoms with Gasteiger partial charge in [0.15, 0.2) is 11.2 Å². The highest BCUT2D eigenvalue weighted by molar-refractivity contribution is 9.10. The number of likely N-dealkylation sites (tertiary alicyclic amines) is 1. The van der Waals surface area contributed by atoms with E-state index in [1.807, 2.05) is 24.3 Å². The summed E-state index contributed by atoms with van der Waals surface area (Å²) >= 11 is 3.37. The average Bonchev–Trinajstić information content (AvgIpc) is 2.79. The number of methoxy groups -OCH3 is 1. The Hall–Kier alpha value is -2.64. The fraction of sp³-hybridized carbons (Fsp3) is 0.333. The van der Waals surface area contributed by atoms with Crippen LogP contribution in [0.3, 0.4) is 0 Å². The molecule has 1 unspecified atom stereocenters. The Morgan fingerprint density at radius 3 is 2.58 bits per heavy atom. The molecule has 2 aromatic carbocycles. The lowest BCUT2D eigenvalue weighted by Gasteiger charge is -2.35. The molecule has 1 aliphatic heterocycles. The quantitative estimate of drug-likeness (QED) is 0.556. The fourth-order valence-electron chi connectivity index (χ4n) is 4.03. The van der Waals surface area contributed by atoms with Crippen LogP contribution in [0.1, 0.15) is 41.4 Å². The molecule has 1 aliphatic rings. The number of fused-ring (bicyclic) bond motifs is 1. The smallest absolute Gasteiger partial charge is 0.287 e. The predicted molar refractivity (Wildman–Crippen MR) is 124 cm³/mol. The van der Waals surface area contributed by atoms with E-state index in [1.54, 1.807) is 25.3 Å². The van der Waals surface area contributed by atoms with Crippen LogP contribution in [0.4, 0.5) is 0 Å². The van der Waals surface area contributed by atoms with Crippen LogP contribution in [0.2, 0.25) is 0 Å². The first-order chi connectivity index (χ1) is 15.0. The molecular weight excluding hydrogens is 460 g/mol. The molecule has 7 heteroatoms. The molecule has 31 heavy (non-hydrogen) atoms. The summed E-state index contributed by atoms with van der Waals surface area (Å²) in [6.45, 7) is 2.41. The van der Waals surface area contributed by atoms with Gasteiger partial charge in [-0.25, -0.2) is 0 Å². The maximum atomic E-state index is 12.9. The third-order valence-electron chi connectivity index (χ3n) is 5.70. The second kappa shape index (κ2) is 9.66. The monoisotopic (exact) mass is 484 g/mol. The lowest BCUT2D eigenvalue weighted by Crippen LogP contribution is -2.40. The van der Waals surface area contributed by atoms with Crippen molar-refractivity contribution in [1.29, 1.82) is 0 Å². The van der Waals surface area contributed by atoms with Crippen molar-refractivity contribution in [3.8, 4) is 5.75 Å². The summed E-state index contributed by atoms with van der Waals surface area (Å²) in [5.74, 6) is 0.423. The van der Waals surface area contributed by atoms with E-state index in [4.69, 9.17) is 9.15 Å². The summed E-state index contributed by atoms with van der Waals surface area (Å²) in [5, 5.41) is 3.42. The molecule has 1 saturated heterocycles. The highest BCUT2D eigenvalue weighted by Crippen LogP contribution is 2.26. The van der Waals surface area contributed by atoms with Crippen LogP contribution in [0.15, 0.2) is 62.2 Å². The van der Waals surface area contributed by atoms with E-state index in [0.29, 0.717) is 17.5 Å². The molecule has 0 spiro atoms. The molecule has 0 saturated carbocycles. The van der Waals surface area contributed by atoms with Crippen LogP contribution in [-0.2, 0) is 0 Å². The van der Waals surface area contributed by atoms with Crippen molar-refractivity contribution >= 4 is 32.8 Å². The minimum absolute atomic E-state index is 0.0164. The minimum atomic E-state index is -0.394. The Morgan fingerprint density at radius 2 is 1.87 bits per heavy atom. The number of rotatable bonds is 6. The summed E-state index contributed by atoms with van der Waals surface area (Å²) in [7, 11) is 1.65. The number of piperidine rings is 1. The van der Waals surface area contributed by atoms with Crippen molar-refractivity contribution in [1.82, 2.24) is 10.2 Å². The average molecular weight is 485 g/mol. The molecule has 0 aliphatic carbocycles. The second-order valence-corrected chi connectivity index (χ2v) is 8.63. The summed E-state index contributed by atoms with van der Waals surface area (Å²) < 4.78 is 11.8. The minimum Gasteiger partial charge on any atom is -0.497 e. The number of benzene rings is 2. The van der Waals surface area contributed by atoms with Crippen LogP contribution in [0.5, 0.6) is 5.75 Å². The summed E-state index contributed by atoms with van der Waals surface area (Å²) in [6, 6.07) is 14.4. The molecule has 0 bridgehead atoms. The van der Waals surface area contributed by atoms with Crippen molar-refractivity contribution in [2.45, 2.75) is 25.3 Å². The standard InChI is InChI=1S/C24H25BrN2O4/c1-30-18-8-5-16(6-9-18)20(27-11-3-2-4-12-27)15-26-24(29)23-14-21(28)19-10-7-17(25)13-22(19)31-23/h5-10,13-14,20H,2-4,11-12,15H2,1H3,(H,26,29). The SMILES string of the molecule is COc1ccc(C(CNC(=O)c2cc(=O)c3ccc(Br)cc3o2)N2CCCCC2)cc1. The van der Waals surface area contributed by atoms with Gasteiger partial charge in [-0.3, -0.25) is 14.5 Å². The molecular formula is C24H25BrN2O4. The van der Waals surface area contributed by atoms with Gasteiger partial charge in [-0.2, -0.15) is 0 Å². The van der Waals surface area contributed by atoms with Gasteiger partial charge in [0.1, 0.15) is 11.3 Å². The molecule has 162 valence electrons. The number of halogens is 1. The number of carbonyl (C=O) groups is 1. The summed E-state index contributed by atoms with van der Waals surface area (Å²) in [5.41, 5.74) is 1.27. The Bertz CT molecular complexity index is 1120. The molecule has 6 nitrogen and oxygen atoms in total. The Morgan fingerprint density at radius 1 is 1.13 bits per heavy atom. The normalized spacial score (nSPS) is 15.5. The zero-order valence-electron chi connectivity index (χ0n) is 17.4. The van der Waals surface area contributed by atoms with Gasteiger partial charge in [0.25, 0.3) is 5.91 Å². The van der Waals surface area contributed by atoms with Gasteiger partial charge in [-0.05, 0) is 61.8 Å². The van der Waals surface area contributed by atoms with Crippen molar-refractivity contribution in [2.24, 2.45) is 0 Å². The van der Waals surface area contributed by atoms with E-state index in [1.165, 1.54) is 12.5 Å². The number of nitrogens with zero attached hydrogens (tertiary/aromatic N) is 1. The Labute approximate surface area is 189 Å². The highest BCUT2D eigenvalue weighted by Gasteiger charge is 2.24. The third-order valence-corrected chi connectivity index (χ3v) is 6.20. The molecule has 1 atom stereocenters. The molecule has 0 radical (unpaired) electrons. The summed E-state index contributed by atoms with van der Waals surface area (Å²) in [4.78, 5) is 27.7. The van der Waals surface area contributed by atoms with Gasteiger partial charge >= 0.3 is 0 Å². The predicted octanol–water partition coefficient (Wildman–Crippen LogP) is 4.52. The van der Waals surface area contributed by atoms with Crippen molar-refractivity contribution in [3.63, 3.8) is 0 Å². The van der Waals surface area contributed by atoms with Gasteiger partial charge in [-0.1, -0.05) is 34.5 Å². The second-order valence-electron chi connectivity index (χ2n) is 7.71. The lowest BCUT2D eigenvalue weighted by molar-refractivity contribution is 0.0897. The molecule has 1 amide bonds. The maximum absolute atomic E-state index is 12.9. The number of carbonyl (C=O) groups excluding carboxylic acids is 1. The van der Waals surface area contributed by atoms with Gasteiger partial charge in [-0.15, -0.1) is 0 Å². The van der Waals surface area contributed by atoms with Gasteiger partial charge in [0, 0.05) is 17.1 Å². The van der Waals surface area contributed by atoms with Crippen molar-refractivity contribution in [3.05, 3.63) is 74.6 Å². The van der Waals surface area contributed by atoms with Gasteiger partial charge in [0.05, 0.1) is 18.5 Å². The third kappa shape index (κ3) is 4.99. The number of hydrogen-bond acceptors (Lipinski definition) is 5. The largest absolute Gasteiger partial charge is 0.497 e. The first kappa shape index (κ1) is 21.6. The first-order valence-corrected chi connectivity index (χ1v) is 11.2. The van der Waals surface area contributed by atoms with E-state index >= 15 is 0 Å². The van der Waals surface area contributed by atoms with E-state index < -0.39 is 5.91 Å². The number of hydrogen-bond donors (Lipinski definition) is 1. The van der Waals surface area contributed by atoms with Crippen molar-refractivity contribution < 1.29 is 13.9 Å². The molecule has 1 N–H and O–H groups in total. The van der Waals surface area contributed by atoms with E-state index in [0.717, 1.165) is 41.7 Å². The molecule has 1 aromatic heterocycles. The van der Waals surface area contributed by atoms with Gasteiger partial charge in [0.2, 0.25) is 0 Å². The maximum Gasteiger partial charge on any atom is 0.287 e. The van der Waals surface area contributed by atoms with Crippen LogP contribution in [0, 0.1) is 0 Å². The number of ether oxygens (including phenoxy) is 1. The van der Waals surface area contributed by atoms with Crippen LogP contribution in [-0.4, -0.2) is 37.6 Å². The number of nitrogens with one attached hydrogen (secondary N) is 1. The molecule has 3 aromatic rings. The zero-order chi connectivity index (χ0) is 21.8. The Balaban J connectivity index is 1.55. The van der Waals surface area contributed by atoms with Crippen LogP contribution >= 0.6 is 15.9 Å². The first-order valence-electron chi connectivity index (χ1n) is 10.4. The molecule has 2 heterocycles. The van der Waals surface area contributed by atoms with Crippen LogP contribution < -0.4 is 15.5 Å². The van der Waals surface area contributed by atoms with E-state index in [9.17, 15) is 9.59 Å². The fourth-order valence-corrected chi connectivity index (χ4v) is 4.37. The van der Waals surface area contributed by atoms with Crippen LogP contribution in [0.25, 0.3) is 11.0 Å². The van der Waals surface area contributed by atoms with Crippen molar-refractivity contribution in [2.75, 3.05) is 26.7 Å². The van der Waals surface area contributed by atoms with Gasteiger partial charge < -0.3 is 14.5 Å². The molecule has 4 rings (SSSR count). The Kier molecular flexibility index (Phi) is 6.73. The molecule has 1 fully saturated rings. The number of amides is 1. The zero-order valence-corrected chi connectivity index (χ0v) is 19.0. The highest BCUT2D eigenvalue weighted by atomic mass is 79.9. The van der Waals surface area contributed by atoms with E-state index in [-0.39, 0.29) is 17.2 Å². The summed E-state index contributed by atoms with van der Waals surface area (Å²) in [6.07, 6.45) is 3.53.